The van der Waals surface area contributed by atoms with Crippen molar-refractivity contribution in [3.63, 3.8) is 0 Å². The van der Waals surface area contributed by atoms with Gasteiger partial charge in [0.25, 0.3) is 0 Å². The van der Waals surface area contributed by atoms with E-state index in [4.69, 9.17) is 0 Å². The fraction of sp³-hybridized carbons (Fsp3) is 0.333. The van der Waals surface area contributed by atoms with E-state index in [0.29, 0.717) is 0 Å². The molecule has 2 aromatic carbocycles. The van der Waals surface area contributed by atoms with Gasteiger partial charge in [-0.2, -0.15) is 0 Å². The van der Waals surface area contributed by atoms with E-state index in [0.717, 1.165) is 24.8 Å². The summed E-state index contributed by atoms with van der Waals surface area (Å²) < 4.78 is 0. The Bertz CT molecular complexity index is 611. The molecule has 0 heterocycles. The van der Waals surface area contributed by atoms with E-state index in [1.807, 2.05) is 6.92 Å². The smallest absolute Gasteiger partial charge is 0.0871 e. The Hall–Kier alpha value is -1.60. The van der Waals surface area contributed by atoms with E-state index < -0.39 is 5.60 Å². The molecule has 1 unspecified atom stereocenters. The zero-order chi connectivity index (χ0) is 13.5. The van der Waals surface area contributed by atoms with Crippen LogP contribution < -0.4 is 0 Å². The Morgan fingerprint density at radius 2 is 1.79 bits per heavy atom. The van der Waals surface area contributed by atoms with Gasteiger partial charge in [-0.1, -0.05) is 55.8 Å². The van der Waals surface area contributed by atoms with E-state index in [1.165, 1.54) is 22.3 Å². The third kappa shape index (κ3) is 1.98. The topological polar surface area (TPSA) is 20.2 Å². The minimum absolute atomic E-state index is 0.720. The van der Waals surface area contributed by atoms with Gasteiger partial charge in [0.05, 0.1) is 5.60 Å². The Kier molecular flexibility index (Phi) is 2.94. The maximum absolute atomic E-state index is 10.7. The van der Waals surface area contributed by atoms with Gasteiger partial charge in [0.2, 0.25) is 0 Å². The standard InChI is InChI=1S/C18H20O/c1-3-11-18(2,19)17-10-6-9-15-14-8-5-4-7-13(14)12-16(15)17/h4-10,19H,3,11-12H2,1-2H3. The minimum Gasteiger partial charge on any atom is -0.385 e. The van der Waals surface area contributed by atoms with Crippen LogP contribution in [0.5, 0.6) is 0 Å². The molecular weight excluding hydrogens is 232 g/mol. The summed E-state index contributed by atoms with van der Waals surface area (Å²) >= 11 is 0. The second kappa shape index (κ2) is 4.50. The van der Waals surface area contributed by atoms with Gasteiger partial charge >= 0.3 is 0 Å². The molecule has 1 aliphatic rings. The largest absolute Gasteiger partial charge is 0.385 e. The number of fused-ring (bicyclic) bond motifs is 3. The van der Waals surface area contributed by atoms with Crippen molar-refractivity contribution < 1.29 is 5.11 Å². The fourth-order valence-electron chi connectivity index (χ4n) is 3.28. The number of aliphatic hydroxyl groups is 1. The van der Waals surface area contributed by atoms with E-state index >= 15 is 0 Å². The lowest BCUT2D eigenvalue weighted by Gasteiger charge is -2.26. The van der Waals surface area contributed by atoms with E-state index in [9.17, 15) is 5.11 Å². The minimum atomic E-state index is -0.720. The van der Waals surface area contributed by atoms with Crippen molar-refractivity contribution in [3.05, 3.63) is 59.2 Å². The lowest BCUT2D eigenvalue weighted by Crippen LogP contribution is -2.22. The first-order chi connectivity index (χ1) is 9.13. The quantitative estimate of drug-likeness (QED) is 0.738. The molecule has 0 bridgehead atoms. The maximum Gasteiger partial charge on any atom is 0.0871 e. The summed E-state index contributed by atoms with van der Waals surface area (Å²) in [6, 6.07) is 14.9. The van der Waals surface area contributed by atoms with Gasteiger partial charge in [0.15, 0.2) is 0 Å². The van der Waals surface area contributed by atoms with Crippen LogP contribution in [0.3, 0.4) is 0 Å². The predicted octanol–water partition coefficient (Wildman–Crippen LogP) is 4.27. The van der Waals surface area contributed by atoms with E-state index in [1.54, 1.807) is 0 Å². The number of benzene rings is 2. The highest BCUT2D eigenvalue weighted by molar-refractivity contribution is 5.78. The summed E-state index contributed by atoms with van der Waals surface area (Å²) in [5.41, 5.74) is 5.68. The molecular formula is C18H20O. The molecule has 0 spiro atoms. The lowest BCUT2D eigenvalue weighted by atomic mass is 9.86. The molecule has 19 heavy (non-hydrogen) atoms. The lowest BCUT2D eigenvalue weighted by molar-refractivity contribution is 0.0463. The molecule has 1 aliphatic carbocycles. The van der Waals surface area contributed by atoms with Crippen LogP contribution in [-0.4, -0.2) is 5.11 Å². The van der Waals surface area contributed by atoms with Gasteiger partial charge in [-0.3, -0.25) is 0 Å². The molecule has 0 amide bonds. The Morgan fingerprint density at radius 1 is 1.05 bits per heavy atom. The molecule has 0 saturated carbocycles. The van der Waals surface area contributed by atoms with Crippen molar-refractivity contribution in [1.29, 1.82) is 0 Å². The fourth-order valence-corrected chi connectivity index (χ4v) is 3.28. The van der Waals surface area contributed by atoms with Crippen LogP contribution in [0.1, 0.15) is 43.4 Å². The Balaban J connectivity index is 2.13. The van der Waals surface area contributed by atoms with Gasteiger partial charge in [-0.25, -0.2) is 0 Å². The SMILES string of the molecule is CCCC(C)(O)c1cccc2c1Cc1ccccc1-2. The third-order valence-electron chi connectivity index (χ3n) is 4.17. The molecule has 1 heteroatoms. The molecule has 2 aromatic rings. The highest BCUT2D eigenvalue weighted by atomic mass is 16.3. The van der Waals surface area contributed by atoms with Crippen LogP contribution in [-0.2, 0) is 12.0 Å². The molecule has 0 radical (unpaired) electrons. The summed E-state index contributed by atoms with van der Waals surface area (Å²) in [4.78, 5) is 0. The second-order valence-electron chi connectivity index (χ2n) is 5.69. The monoisotopic (exact) mass is 252 g/mol. The molecule has 0 fully saturated rings. The first kappa shape index (κ1) is 12.4. The van der Waals surface area contributed by atoms with Crippen LogP contribution >= 0.6 is 0 Å². The first-order valence-electron chi connectivity index (χ1n) is 7.06. The van der Waals surface area contributed by atoms with Gasteiger partial charge in [-0.05, 0) is 47.6 Å². The Morgan fingerprint density at radius 3 is 2.58 bits per heavy atom. The molecule has 1 nitrogen and oxygen atoms in total. The van der Waals surface area contributed by atoms with Crippen molar-refractivity contribution >= 4 is 0 Å². The van der Waals surface area contributed by atoms with Crippen LogP contribution in [0.2, 0.25) is 0 Å². The molecule has 0 aliphatic heterocycles. The van der Waals surface area contributed by atoms with Gasteiger partial charge in [-0.15, -0.1) is 0 Å². The van der Waals surface area contributed by atoms with Crippen LogP contribution in [0, 0.1) is 0 Å². The highest BCUT2D eigenvalue weighted by Gasteiger charge is 2.29. The summed E-state index contributed by atoms with van der Waals surface area (Å²) in [6.07, 6.45) is 2.74. The molecule has 98 valence electrons. The van der Waals surface area contributed by atoms with Crippen molar-refractivity contribution in [2.75, 3.05) is 0 Å². The number of hydrogen-bond acceptors (Lipinski definition) is 1. The number of rotatable bonds is 3. The Labute approximate surface area is 114 Å². The molecule has 1 atom stereocenters. The predicted molar refractivity (Wildman–Crippen MR) is 79.2 cm³/mol. The summed E-state index contributed by atoms with van der Waals surface area (Å²) in [6.45, 7) is 4.06. The molecule has 1 N–H and O–H groups in total. The van der Waals surface area contributed by atoms with Gasteiger partial charge in [0.1, 0.15) is 0 Å². The van der Waals surface area contributed by atoms with Crippen molar-refractivity contribution in [1.82, 2.24) is 0 Å². The second-order valence-corrected chi connectivity index (χ2v) is 5.69. The average molecular weight is 252 g/mol. The average Bonchev–Trinajstić information content (AvgIpc) is 2.76. The summed E-state index contributed by atoms with van der Waals surface area (Å²) in [5, 5.41) is 10.7. The van der Waals surface area contributed by atoms with E-state index in [-0.39, 0.29) is 0 Å². The molecule has 3 rings (SSSR count). The first-order valence-corrected chi connectivity index (χ1v) is 7.06. The van der Waals surface area contributed by atoms with Gasteiger partial charge < -0.3 is 5.11 Å². The van der Waals surface area contributed by atoms with Crippen molar-refractivity contribution in [2.45, 2.75) is 38.7 Å². The normalized spacial score (nSPS) is 15.7. The highest BCUT2D eigenvalue weighted by Crippen LogP contribution is 2.41. The van der Waals surface area contributed by atoms with Crippen LogP contribution in [0.25, 0.3) is 11.1 Å². The van der Waals surface area contributed by atoms with Crippen molar-refractivity contribution in [2.24, 2.45) is 0 Å². The molecule has 0 aromatic heterocycles. The maximum atomic E-state index is 10.7. The number of hydrogen-bond donors (Lipinski definition) is 1. The van der Waals surface area contributed by atoms with Crippen LogP contribution in [0.15, 0.2) is 42.5 Å². The summed E-state index contributed by atoms with van der Waals surface area (Å²) in [5.74, 6) is 0. The zero-order valence-electron chi connectivity index (χ0n) is 11.6. The van der Waals surface area contributed by atoms with Crippen molar-refractivity contribution in [3.8, 4) is 11.1 Å². The van der Waals surface area contributed by atoms with Crippen LogP contribution in [0.4, 0.5) is 0 Å². The third-order valence-corrected chi connectivity index (χ3v) is 4.17. The van der Waals surface area contributed by atoms with E-state index in [2.05, 4.69) is 49.4 Å². The zero-order valence-corrected chi connectivity index (χ0v) is 11.6. The summed E-state index contributed by atoms with van der Waals surface area (Å²) in [7, 11) is 0. The molecule has 0 saturated heterocycles. The van der Waals surface area contributed by atoms with Gasteiger partial charge in [0, 0.05) is 0 Å².